The fourth-order valence-electron chi connectivity index (χ4n) is 5.10. The monoisotopic (exact) mass is 764 g/mol. The van der Waals surface area contributed by atoms with Crippen molar-refractivity contribution in [3.05, 3.63) is 165 Å². The van der Waals surface area contributed by atoms with Gasteiger partial charge in [-0.3, -0.25) is 14.4 Å². The number of amides is 3. The number of carbonyl (C=O) groups is 3. The topological polar surface area (TPSA) is 109 Å². The van der Waals surface area contributed by atoms with E-state index in [0.29, 0.717) is 48.3 Å². The van der Waals surface area contributed by atoms with Crippen molar-refractivity contribution in [2.75, 3.05) is 17.7 Å². The van der Waals surface area contributed by atoms with Gasteiger partial charge in [0.2, 0.25) is 5.91 Å². The predicted molar refractivity (Wildman–Crippen MR) is 211 cm³/mol. The molecule has 0 spiro atoms. The number of rotatable bonds is 12. The van der Waals surface area contributed by atoms with Crippen LogP contribution >= 0.6 is 46.3 Å². The Kier molecular flexibility index (Phi) is 12.1. The lowest BCUT2D eigenvalue weighted by Gasteiger charge is -2.17. The van der Waals surface area contributed by atoms with Crippen molar-refractivity contribution in [1.29, 1.82) is 0 Å². The van der Waals surface area contributed by atoms with E-state index in [9.17, 15) is 14.4 Å². The van der Waals surface area contributed by atoms with E-state index in [-0.39, 0.29) is 11.6 Å². The lowest BCUT2D eigenvalue weighted by molar-refractivity contribution is -0.116. The van der Waals surface area contributed by atoms with Gasteiger partial charge in [-0.15, -0.1) is 23.1 Å². The first kappa shape index (κ1) is 36.4. The number of thiazole rings is 1. The van der Waals surface area contributed by atoms with Gasteiger partial charge in [-0.05, 0) is 66.2 Å². The molecule has 0 fully saturated rings. The number of para-hydroxylation sites is 1. The first-order valence-electron chi connectivity index (χ1n) is 15.8. The van der Waals surface area contributed by atoms with Crippen LogP contribution in [0.1, 0.15) is 26.7 Å². The number of carbonyl (C=O) groups excluding carboxylic acids is 3. The molecule has 0 aliphatic rings. The molecule has 0 radical (unpaired) electrons. The number of nitrogens with one attached hydrogen (secondary N) is 3. The molecular weight excluding hydrogens is 736 g/mol. The summed E-state index contributed by atoms with van der Waals surface area (Å²) in [6.45, 7) is 0. The summed E-state index contributed by atoms with van der Waals surface area (Å²) in [7, 11) is 1.60. The van der Waals surface area contributed by atoms with Crippen LogP contribution in [0.15, 0.2) is 143 Å². The van der Waals surface area contributed by atoms with E-state index in [1.807, 2.05) is 66.0 Å². The fourth-order valence-corrected chi connectivity index (χ4v) is 7.40. The van der Waals surface area contributed by atoms with Crippen LogP contribution in [0.2, 0.25) is 10.0 Å². The van der Waals surface area contributed by atoms with Crippen LogP contribution < -0.4 is 20.7 Å². The highest BCUT2D eigenvalue weighted by atomic mass is 35.5. The zero-order chi connectivity index (χ0) is 36.5. The number of thioether (sulfide) groups is 1. The summed E-state index contributed by atoms with van der Waals surface area (Å²) in [6.07, 6.45) is 1.44. The van der Waals surface area contributed by atoms with Gasteiger partial charge in [0.25, 0.3) is 11.8 Å². The Morgan fingerprint density at radius 1 is 0.808 bits per heavy atom. The highest BCUT2D eigenvalue weighted by molar-refractivity contribution is 8.00. The molecule has 8 nitrogen and oxygen atoms in total. The first-order chi connectivity index (χ1) is 25.3. The van der Waals surface area contributed by atoms with Crippen LogP contribution in [0.4, 0.5) is 10.8 Å². The van der Waals surface area contributed by atoms with Gasteiger partial charge in [0.05, 0.1) is 12.8 Å². The molecule has 0 aliphatic heterocycles. The minimum absolute atomic E-state index is 0.0700. The molecule has 1 atom stereocenters. The number of hydrogen-bond acceptors (Lipinski definition) is 7. The molecule has 5 aromatic carbocycles. The minimum atomic E-state index is -0.659. The van der Waals surface area contributed by atoms with Crippen molar-refractivity contribution >= 4 is 80.9 Å². The number of hydrogen-bond donors (Lipinski definition) is 3. The fraction of sp³-hybridized carbons (Fsp3) is 0.0500. The zero-order valence-electron chi connectivity index (χ0n) is 27.5. The third kappa shape index (κ3) is 9.09. The number of aromatic nitrogens is 1. The Balaban J connectivity index is 1.23. The normalized spacial score (nSPS) is 11.7. The van der Waals surface area contributed by atoms with Crippen LogP contribution in [-0.2, 0) is 9.59 Å². The van der Waals surface area contributed by atoms with Crippen molar-refractivity contribution in [2.24, 2.45) is 0 Å². The molecule has 6 aromatic rings. The minimum Gasteiger partial charge on any atom is -0.496 e. The number of anilines is 2. The number of nitrogens with zero attached hydrogens (tertiary/aromatic N) is 1. The van der Waals surface area contributed by atoms with Crippen LogP contribution in [0.5, 0.6) is 5.75 Å². The molecule has 12 heteroatoms. The Morgan fingerprint density at radius 2 is 1.48 bits per heavy atom. The number of halogens is 2. The third-order valence-corrected chi connectivity index (χ3v) is 10.3. The zero-order valence-corrected chi connectivity index (χ0v) is 30.7. The van der Waals surface area contributed by atoms with Crippen molar-refractivity contribution < 1.29 is 19.1 Å². The van der Waals surface area contributed by atoms with E-state index in [4.69, 9.17) is 27.9 Å². The number of ether oxygens (including phenoxy) is 1. The van der Waals surface area contributed by atoms with Crippen molar-refractivity contribution in [2.45, 2.75) is 10.1 Å². The largest absolute Gasteiger partial charge is 0.496 e. The van der Waals surface area contributed by atoms with E-state index in [0.717, 1.165) is 11.1 Å². The predicted octanol–water partition coefficient (Wildman–Crippen LogP) is 10.0. The lowest BCUT2D eigenvalue weighted by Crippen LogP contribution is -2.30. The van der Waals surface area contributed by atoms with Crippen molar-refractivity contribution in [3.63, 3.8) is 0 Å². The van der Waals surface area contributed by atoms with E-state index >= 15 is 0 Å². The average molecular weight is 766 g/mol. The second-order valence-electron chi connectivity index (χ2n) is 11.1. The molecular formula is C40H30Cl2N4O4S2. The quantitative estimate of drug-likeness (QED) is 0.0846. The molecule has 260 valence electrons. The molecule has 6 rings (SSSR count). The van der Waals surface area contributed by atoms with Crippen LogP contribution in [0.25, 0.3) is 17.3 Å². The average Bonchev–Trinajstić information content (AvgIpc) is 3.63. The van der Waals surface area contributed by atoms with Crippen LogP contribution in [-0.4, -0.2) is 29.8 Å². The molecule has 0 saturated carbocycles. The van der Waals surface area contributed by atoms with Crippen molar-refractivity contribution in [1.82, 2.24) is 10.3 Å². The Labute approximate surface area is 318 Å². The second-order valence-corrected chi connectivity index (χ2v) is 14.0. The van der Waals surface area contributed by atoms with Crippen LogP contribution in [0, 0.1) is 0 Å². The maximum atomic E-state index is 13.9. The molecule has 0 saturated heterocycles. The van der Waals surface area contributed by atoms with E-state index in [2.05, 4.69) is 20.9 Å². The molecule has 1 aromatic heterocycles. The number of benzene rings is 5. The summed E-state index contributed by atoms with van der Waals surface area (Å²) in [5.74, 6) is -0.669. The first-order valence-corrected chi connectivity index (χ1v) is 18.4. The van der Waals surface area contributed by atoms with Crippen LogP contribution in [0.3, 0.4) is 0 Å². The van der Waals surface area contributed by atoms with Gasteiger partial charge >= 0.3 is 0 Å². The van der Waals surface area contributed by atoms with Gasteiger partial charge in [0, 0.05) is 42.7 Å². The summed E-state index contributed by atoms with van der Waals surface area (Å²) in [4.78, 5) is 46.1. The van der Waals surface area contributed by atoms with Gasteiger partial charge in [-0.2, -0.15) is 0 Å². The highest BCUT2D eigenvalue weighted by Gasteiger charge is 2.24. The molecule has 3 amide bonds. The summed E-state index contributed by atoms with van der Waals surface area (Å²) >= 11 is 15.5. The van der Waals surface area contributed by atoms with Gasteiger partial charge in [0.15, 0.2) is 5.13 Å². The summed E-state index contributed by atoms with van der Waals surface area (Å²) < 4.78 is 5.49. The maximum absolute atomic E-state index is 13.9. The molecule has 1 heterocycles. The van der Waals surface area contributed by atoms with E-state index in [1.54, 1.807) is 73.8 Å². The molecule has 0 bridgehead atoms. The maximum Gasteiger partial charge on any atom is 0.272 e. The standard InChI is InChI=1S/C40H30Cl2N4O4S2/c1-50-35-21-9-8-18-29(35)34-24-51-40(45-34)46-39(49)36(25-12-4-2-5-13-25)52-28-17-10-16-27(22-28)43-38(48)33(23-30-31(41)19-11-20-32(30)42)44-37(47)26-14-6-3-7-15-26/h2-24,36H,1H3,(H,43,48)(H,44,47)(H,45,46,49)/b33-23+. The second kappa shape index (κ2) is 17.2. The number of methoxy groups -OCH3 is 1. The van der Waals surface area contributed by atoms with Gasteiger partial charge in [0.1, 0.15) is 16.7 Å². The summed E-state index contributed by atoms with van der Waals surface area (Å²) in [6, 6.07) is 37.6. The summed E-state index contributed by atoms with van der Waals surface area (Å²) in [5.41, 5.74) is 3.40. The highest BCUT2D eigenvalue weighted by Crippen LogP contribution is 2.38. The Morgan fingerprint density at radius 3 is 2.21 bits per heavy atom. The lowest BCUT2D eigenvalue weighted by atomic mass is 10.1. The van der Waals surface area contributed by atoms with Crippen molar-refractivity contribution in [3.8, 4) is 17.0 Å². The third-order valence-electron chi connectivity index (χ3n) is 7.62. The molecule has 0 aliphatic carbocycles. The van der Waals surface area contributed by atoms with Gasteiger partial charge in [-0.25, -0.2) is 4.98 Å². The Bertz CT molecular complexity index is 2230. The SMILES string of the molecule is COc1ccccc1-c1csc(NC(=O)C(Sc2cccc(NC(=O)/C(=C\c3c(Cl)cccc3Cl)NC(=O)c3ccccc3)c2)c2ccccc2)n1. The molecule has 52 heavy (non-hydrogen) atoms. The molecule has 3 N–H and O–H groups in total. The van der Waals surface area contributed by atoms with Gasteiger partial charge in [-0.1, -0.05) is 96.0 Å². The Hall–Kier alpha value is -5.39. The van der Waals surface area contributed by atoms with Gasteiger partial charge < -0.3 is 20.7 Å². The summed E-state index contributed by atoms with van der Waals surface area (Å²) in [5, 5.41) is 10.8. The smallest absolute Gasteiger partial charge is 0.272 e. The van der Waals surface area contributed by atoms with E-state index in [1.165, 1.54) is 29.2 Å². The van der Waals surface area contributed by atoms with E-state index < -0.39 is 17.1 Å². The molecule has 1 unspecified atom stereocenters.